The van der Waals surface area contributed by atoms with Crippen molar-refractivity contribution >= 4 is 11.8 Å². The molecule has 0 aromatic carbocycles. The van der Waals surface area contributed by atoms with Crippen LogP contribution in [-0.4, -0.2) is 76.9 Å². The van der Waals surface area contributed by atoms with Crippen LogP contribution in [-0.2, 0) is 11.3 Å². The fourth-order valence-corrected chi connectivity index (χ4v) is 2.80. The molecule has 2 heterocycles. The van der Waals surface area contributed by atoms with Crippen molar-refractivity contribution in [2.45, 2.75) is 39.2 Å². The fraction of sp³-hybridized carbons (Fsp3) is 0.765. The zero-order chi connectivity index (χ0) is 18.2. The second kappa shape index (κ2) is 9.50. The Morgan fingerprint density at radius 3 is 2.68 bits per heavy atom. The molecule has 0 aliphatic carbocycles. The molecule has 1 saturated heterocycles. The van der Waals surface area contributed by atoms with Crippen molar-refractivity contribution in [2.24, 2.45) is 5.92 Å². The Hall–Kier alpha value is -1.96. The maximum Gasteiger partial charge on any atom is 0.273 e. The Balaban J connectivity index is 1.62. The molecule has 1 fully saturated rings. The van der Waals surface area contributed by atoms with Crippen LogP contribution in [0.4, 0.5) is 0 Å². The average Bonchev–Trinajstić information content (AvgIpc) is 3.04. The Morgan fingerprint density at radius 1 is 1.28 bits per heavy atom. The number of amides is 2. The first-order valence-electron chi connectivity index (χ1n) is 9.06. The van der Waals surface area contributed by atoms with Gasteiger partial charge in [-0.1, -0.05) is 12.1 Å². The highest BCUT2D eigenvalue weighted by Crippen LogP contribution is 2.16. The van der Waals surface area contributed by atoms with E-state index in [4.69, 9.17) is 0 Å². The minimum Gasteiger partial charge on any atom is -0.351 e. The zero-order valence-corrected chi connectivity index (χ0v) is 15.6. The van der Waals surface area contributed by atoms with Crippen molar-refractivity contribution in [1.82, 2.24) is 30.1 Å². The van der Waals surface area contributed by atoms with Crippen molar-refractivity contribution in [2.75, 3.05) is 40.3 Å². The number of piperidine rings is 1. The van der Waals surface area contributed by atoms with E-state index >= 15 is 0 Å². The van der Waals surface area contributed by atoms with Gasteiger partial charge < -0.3 is 15.1 Å². The van der Waals surface area contributed by atoms with E-state index in [1.54, 1.807) is 14.1 Å². The Labute approximate surface area is 149 Å². The summed E-state index contributed by atoms with van der Waals surface area (Å²) in [5, 5.41) is 10.5. The smallest absolute Gasteiger partial charge is 0.273 e. The summed E-state index contributed by atoms with van der Waals surface area (Å²) in [6, 6.07) is 0. The molecule has 8 nitrogen and oxygen atoms in total. The molecule has 1 aromatic rings. The van der Waals surface area contributed by atoms with Crippen molar-refractivity contribution in [3.8, 4) is 0 Å². The lowest BCUT2D eigenvalue weighted by molar-refractivity contribution is -0.129. The van der Waals surface area contributed by atoms with E-state index in [1.807, 2.05) is 0 Å². The van der Waals surface area contributed by atoms with E-state index in [-0.39, 0.29) is 24.1 Å². The highest BCUT2D eigenvalue weighted by atomic mass is 16.2. The number of hydrogen-bond acceptors (Lipinski definition) is 5. The molecule has 25 heavy (non-hydrogen) atoms. The fourth-order valence-electron chi connectivity index (χ4n) is 2.80. The Bertz CT molecular complexity index is 563. The summed E-state index contributed by atoms with van der Waals surface area (Å²) in [7, 11) is 3.36. The number of rotatable bonds is 8. The lowest BCUT2D eigenvalue weighted by Crippen LogP contribution is -2.34. The molecule has 8 heteroatoms. The third kappa shape index (κ3) is 6.45. The van der Waals surface area contributed by atoms with Gasteiger partial charge in [-0.3, -0.25) is 9.59 Å². The second-order valence-corrected chi connectivity index (χ2v) is 7.08. The average molecular weight is 350 g/mol. The highest BCUT2D eigenvalue weighted by molar-refractivity contribution is 5.91. The molecule has 140 valence electrons. The summed E-state index contributed by atoms with van der Waals surface area (Å²) in [6.07, 6.45) is 6.13. The number of hydrogen-bond donors (Lipinski definition) is 1. The van der Waals surface area contributed by atoms with Crippen LogP contribution < -0.4 is 5.32 Å². The van der Waals surface area contributed by atoms with E-state index < -0.39 is 0 Å². The maximum atomic E-state index is 12.0. The van der Waals surface area contributed by atoms with E-state index in [1.165, 1.54) is 41.7 Å². The van der Waals surface area contributed by atoms with Gasteiger partial charge in [0.05, 0.1) is 6.20 Å². The molecule has 1 aliphatic rings. The van der Waals surface area contributed by atoms with Crippen molar-refractivity contribution in [3.05, 3.63) is 11.9 Å². The quantitative estimate of drug-likeness (QED) is 0.695. The predicted molar refractivity (Wildman–Crippen MR) is 95.1 cm³/mol. The number of likely N-dealkylation sites (N-methyl/N-ethyl adjacent to an activating group) is 1. The lowest BCUT2D eigenvalue weighted by Gasteiger charge is -2.30. The molecule has 0 bridgehead atoms. The number of carbonyl (C=O) groups is 2. The van der Waals surface area contributed by atoms with Crippen molar-refractivity contribution < 1.29 is 9.59 Å². The molecule has 0 spiro atoms. The van der Waals surface area contributed by atoms with E-state index in [2.05, 4.69) is 27.5 Å². The van der Waals surface area contributed by atoms with Crippen LogP contribution >= 0.6 is 0 Å². The lowest BCUT2D eigenvalue weighted by atomic mass is 9.99. The number of carbonyl (C=O) groups excluding carboxylic acids is 2. The summed E-state index contributed by atoms with van der Waals surface area (Å²) >= 11 is 0. The second-order valence-electron chi connectivity index (χ2n) is 7.08. The SMILES string of the molecule is CC1CCN(CCCCNC(=O)c2cn(CC(=O)N(C)C)nn2)CC1. The zero-order valence-electron chi connectivity index (χ0n) is 15.6. The molecule has 0 radical (unpaired) electrons. The molecule has 1 aliphatic heterocycles. The molecule has 1 N–H and O–H groups in total. The predicted octanol–water partition coefficient (Wildman–Crippen LogP) is 0.608. The van der Waals surface area contributed by atoms with E-state index in [9.17, 15) is 9.59 Å². The summed E-state index contributed by atoms with van der Waals surface area (Å²) < 4.78 is 1.38. The van der Waals surface area contributed by atoms with Crippen LogP contribution in [0.25, 0.3) is 0 Å². The van der Waals surface area contributed by atoms with Gasteiger partial charge in [-0.2, -0.15) is 0 Å². The molecular formula is C17H30N6O2. The summed E-state index contributed by atoms with van der Waals surface area (Å²) in [5.74, 6) is 0.524. The van der Waals surface area contributed by atoms with Gasteiger partial charge in [-0.25, -0.2) is 4.68 Å². The van der Waals surface area contributed by atoms with Crippen LogP contribution in [0.5, 0.6) is 0 Å². The van der Waals surface area contributed by atoms with E-state index in [0.717, 1.165) is 25.3 Å². The highest BCUT2D eigenvalue weighted by Gasteiger charge is 2.15. The van der Waals surface area contributed by atoms with E-state index in [0.29, 0.717) is 6.54 Å². The maximum absolute atomic E-state index is 12.0. The minimum atomic E-state index is -0.240. The van der Waals surface area contributed by atoms with Crippen LogP contribution in [0.15, 0.2) is 6.20 Å². The Kier molecular flexibility index (Phi) is 7.36. The van der Waals surface area contributed by atoms with Gasteiger partial charge in [0.15, 0.2) is 5.69 Å². The molecule has 1 aromatic heterocycles. The van der Waals surface area contributed by atoms with Gasteiger partial charge in [-0.15, -0.1) is 5.10 Å². The van der Waals surface area contributed by atoms with Gasteiger partial charge in [0, 0.05) is 20.6 Å². The van der Waals surface area contributed by atoms with Gasteiger partial charge in [0.25, 0.3) is 5.91 Å². The van der Waals surface area contributed by atoms with Gasteiger partial charge in [-0.05, 0) is 51.2 Å². The molecule has 2 rings (SSSR count). The molecular weight excluding hydrogens is 320 g/mol. The summed E-state index contributed by atoms with van der Waals surface area (Å²) in [4.78, 5) is 27.6. The first-order valence-corrected chi connectivity index (χ1v) is 9.06. The normalized spacial score (nSPS) is 16.0. The first kappa shape index (κ1) is 19.4. The van der Waals surface area contributed by atoms with Crippen molar-refractivity contribution in [3.63, 3.8) is 0 Å². The standard InChI is InChI=1S/C17H30N6O2/c1-14-6-10-22(11-7-14)9-5-4-8-18-17(25)15-12-23(20-19-15)13-16(24)21(2)3/h12,14H,4-11,13H2,1-3H3,(H,18,25). The van der Waals surface area contributed by atoms with Crippen LogP contribution in [0.2, 0.25) is 0 Å². The topological polar surface area (TPSA) is 83.4 Å². The van der Waals surface area contributed by atoms with Gasteiger partial charge in [0.1, 0.15) is 6.54 Å². The van der Waals surface area contributed by atoms with Crippen LogP contribution in [0.3, 0.4) is 0 Å². The third-order valence-electron chi connectivity index (χ3n) is 4.63. The molecule has 2 amide bonds. The Morgan fingerprint density at radius 2 is 2.00 bits per heavy atom. The first-order chi connectivity index (χ1) is 12.0. The number of nitrogens with one attached hydrogen (secondary N) is 1. The van der Waals surface area contributed by atoms with Crippen LogP contribution in [0.1, 0.15) is 43.1 Å². The number of unbranched alkanes of at least 4 members (excludes halogenated alkanes) is 1. The number of likely N-dealkylation sites (tertiary alicyclic amines) is 1. The third-order valence-corrected chi connectivity index (χ3v) is 4.63. The number of nitrogens with zero attached hydrogens (tertiary/aromatic N) is 5. The summed E-state index contributed by atoms with van der Waals surface area (Å²) in [6.45, 7) is 6.53. The molecule has 0 saturated carbocycles. The molecule has 0 unspecified atom stereocenters. The monoisotopic (exact) mass is 350 g/mol. The van der Waals surface area contributed by atoms with Gasteiger partial charge in [0.2, 0.25) is 5.91 Å². The molecule has 0 atom stereocenters. The largest absolute Gasteiger partial charge is 0.351 e. The minimum absolute atomic E-state index is 0.0851. The summed E-state index contributed by atoms with van der Waals surface area (Å²) in [5.41, 5.74) is 0.247. The number of aromatic nitrogens is 3. The van der Waals surface area contributed by atoms with Crippen molar-refractivity contribution in [1.29, 1.82) is 0 Å². The van der Waals surface area contributed by atoms with Gasteiger partial charge >= 0.3 is 0 Å². The van der Waals surface area contributed by atoms with Crippen LogP contribution in [0, 0.1) is 5.92 Å².